The molecule has 3 aromatic rings. The number of anilines is 1. The largest absolute Gasteiger partial charge is 0.508 e. The maximum absolute atomic E-state index is 9.64. The van der Waals surface area contributed by atoms with E-state index in [-0.39, 0.29) is 5.75 Å². The molecule has 0 spiro atoms. The molecule has 1 aromatic heterocycles. The normalized spacial score (nSPS) is 10.7. The summed E-state index contributed by atoms with van der Waals surface area (Å²) in [7, 11) is 0. The number of nitrogen functional groups attached to an aromatic ring is 1. The van der Waals surface area contributed by atoms with Gasteiger partial charge in [0.25, 0.3) is 0 Å². The quantitative estimate of drug-likeness (QED) is 0.714. The maximum Gasteiger partial charge on any atom is 0.227 e. The van der Waals surface area contributed by atoms with Gasteiger partial charge in [-0.25, -0.2) is 4.98 Å². The van der Waals surface area contributed by atoms with E-state index < -0.39 is 0 Å². The summed E-state index contributed by atoms with van der Waals surface area (Å²) in [6.07, 6.45) is 2.59. The molecule has 3 rings (SSSR count). The van der Waals surface area contributed by atoms with Crippen LogP contribution >= 0.6 is 0 Å². The third-order valence-electron chi connectivity index (χ3n) is 3.40. The molecule has 2 aromatic carbocycles. The zero-order valence-corrected chi connectivity index (χ0v) is 11.7. The number of nitrogens with two attached hydrogens (primary N) is 1. The number of fused-ring (bicyclic) bond motifs is 1. The molecule has 4 nitrogen and oxygen atoms in total. The van der Waals surface area contributed by atoms with Crippen molar-refractivity contribution in [2.75, 3.05) is 5.73 Å². The first-order valence-corrected chi connectivity index (χ1v) is 6.81. The van der Waals surface area contributed by atoms with Crippen LogP contribution in [0.3, 0.4) is 0 Å². The zero-order valence-electron chi connectivity index (χ0n) is 11.7. The molecule has 0 aliphatic rings. The van der Waals surface area contributed by atoms with Crippen molar-refractivity contribution in [1.29, 1.82) is 0 Å². The fraction of sp³-hybridized carbons (Fsp3) is 0.118. The highest BCUT2D eigenvalue weighted by Gasteiger charge is 2.08. The lowest BCUT2D eigenvalue weighted by atomic mass is 10.1. The Hall–Kier alpha value is -2.75. The van der Waals surface area contributed by atoms with Crippen LogP contribution in [0.25, 0.3) is 10.8 Å². The van der Waals surface area contributed by atoms with Gasteiger partial charge < -0.3 is 15.6 Å². The van der Waals surface area contributed by atoms with Gasteiger partial charge in [0.15, 0.2) is 5.75 Å². The van der Waals surface area contributed by atoms with Crippen LogP contribution in [-0.4, -0.2) is 10.1 Å². The van der Waals surface area contributed by atoms with Gasteiger partial charge in [0.05, 0.1) is 5.69 Å². The van der Waals surface area contributed by atoms with E-state index in [2.05, 4.69) is 11.9 Å². The van der Waals surface area contributed by atoms with Crippen molar-refractivity contribution >= 4 is 16.5 Å². The number of benzene rings is 2. The van der Waals surface area contributed by atoms with Crippen molar-refractivity contribution in [3.8, 4) is 17.4 Å². The summed E-state index contributed by atoms with van der Waals surface area (Å²) in [5.41, 5.74) is 7.75. The average molecular weight is 280 g/mol. The number of rotatable bonds is 3. The summed E-state index contributed by atoms with van der Waals surface area (Å²) in [6.45, 7) is 2.07. The van der Waals surface area contributed by atoms with Gasteiger partial charge in [-0.05, 0) is 47.7 Å². The Kier molecular flexibility index (Phi) is 3.36. The van der Waals surface area contributed by atoms with Crippen molar-refractivity contribution < 1.29 is 9.84 Å². The van der Waals surface area contributed by atoms with Gasteiger partial charge in [0.1, 0.15) is 5.75 Å². The van der Waals surface area contributed by atoms with Gasteiger partial charge >= 0.3 is 0 Å². The van der Waals surface area contributed by atoms with Crippen molar-refractivity contribution in [3.05, 3.63) is 54.2 Å². The Morgan fingerprint density at radius 1 is 1.14 bits per heavy atom. The highest BCUT2D eigenvalue weighted by molar-refractivity contribution is 5.88. The van der Waals surface area contributed by atoms with Gasteiger partial charge in [0.2, 0.25) is 5.88 Å². The van der Waals surface area contributed by atoms with Gasteiger partial charge in [0, 0.05) is 11.6 Å². The van der Waals surface area contributed by atoms with Gasteiger partial charge in [-0.3, -0.25) is 0 Å². The number of hydrogen-bond donors (Lipinski definition) is 2. The Morgan fingerprint density at radius 3 is 2.76 bits per heavy atom. The van der Waals surface area contributed by atoms with Crippen LogP contribution in [0.15, 0.2) is 48.7 Å². The molecule has 0 bridgehead atoms. The van der Waals surface area contributed by atoms with Crippen molar-refractivity contribution in [2.24, 2.45) is 0 Å². The number of phenolic OH excluding ortho intramolecular Hbond substituents is 1. The lowest BCUT2D eigenvalue weighted by molar-refractivity contribution is 0.467. The van der Waals surface area contributed by atoms with Crippen molar-refractivity contribution in [1.82, 2.24) is 4.98 Å². The lowest BCUT2D eigenvalue weighted by Gasteiger charge is -2.11. The van der Waals surface area contributed by atoms with E-state index >= 15 is 0 Å². The summed E-state index contributed by atoms with van der Waals surface area (Å²) in [6, 6.07) is 12.7. The number of ether oxygens (including phenoxy) is 1. The van der Waals surface area contributed by atoms with Crippen LogP contribution in [0.4, 0.5) is 5.69 Å². The fourth-order valence-corrected chi connectivity index (χ4v) is 2.23. The molecule has 106 valence electrons. The standard InChI is InChI=1S/C17H16N2O2/c1-2-11-3-6-16(15(18)9-11)21-17-14-10-13(20)5-4-12(14)7-8-19-17/h3-10,20H,2,18H2,1H3. The first-order valence-electron chi connectivity index (χ1n) is 6.81. The minimum absolute atomic E-state index is 0.176. The van der Waals surface area contributed by atoms with E-state index in [1.54, 1.807) is 18.3 Å². The first-order chi connectivity index (χ1) is 10.2. The second-order valence-electron chi connectivity index (χ2n) is 4.85. The van der Waals surface area contributed by atoms with Gasteiger partial charge in [-0.2, -0.15) is 0 Å². The molecule has 3 N–H and O–H groups in total. The maximum atomic E-state index is 9.64. The summed E-state index contributed by atoms with van der Waals surface area (Å²) >= 11 is 0. The van der Waals surface area contributed by atoms with E-state index in [4.69, 9.17) is 10.5 Å². The van der Waals surface area contributed by atoms with Crippen LogP contribution in [0.5, 0.6) is 17.4 Å². The van der Waals surface area contributed by atoms with Crippen molar-refractivity contribution in [2.45, 2.75) is 13.3 Å². The smallest absolute Gasteiger partial charge is 0.227 e. The Morgan fingerprint density at radius 2 is 2.00 bits per heavy atom. The molecule has 0 amide bonds. The number of pyridine rings is 1. The van der Waals surface area contributed by atoms with Crippen LogP contribution in [0.1, 0.15) is 12.5 Å². The van der Waals surface area contributed by atoms with Crippen LogP contribution in [0.2, 0.25) is 0 Å². The highest BCUT2D eigenvalue weighted by Crippen LogP contribution is 2.33. The van der Waals surface area contributed by atoms with E-state index in [1.807, 2.05) is 30.3 Å². The van der Waals surface area contributed by atoms with Crippen molar-refractivity contribution in [3.63, 3.8) is 0 Å². The summed E-state index contributed by atoms with van der Waals surface area (Å²) < 4.78 is 5.83. The minimum Gasteiger partial charge on any atom is -0.508 e. The van der Waals surface area contributed by atoms with E-state index in [0.29, 0.717) is 17.3 Å². The molecule has 21 heavy (non-hydrogen) atoms. The van der Waals surface area contributed by atoms with E-state index in [0.717, 1.165) is 22.8 Å². The summed E-state index contributed by atoms with van der Waals surface area (Å²) in [4.78, 5) is 4.24. The Labute approximate surface area is 122 Å². The number of aryl methyl sites for hydroxylation is 1. The SMILES string of the molecule is CCc1ccc(Oc2nccc3ccc(O)cc23)c(N)c1. The number of phenols is 1. The highest BCUT2D eigenvalue weighted by atomic mass is 16.5. The molecular formula is C17H16N2O2. The second kappa shape index (κ2) is 5.32. The molecule has 1 heterocycles. The third-order valence-corrected chi connectivity index (χ3v) is 3.40. The lowest BCUT2D eigenvalue weighted by Crippen LogP contribution is -1.95. The molecule has 0 saturated carbocycles. The molecule has 4 heteroatoms. The van der Waals surface area contributed by atoms with E-state index in [9.17, 15) is 5.11 Å². The predicted octanol–water partition coefficient (Wildman–Crippen LogP) is 3.88. The molecule has 0 radical (unpaired) electrons. The summed E-state index contributed by atoms with van der Waals surface area (Å²) in [5.74, 6) is 1.17. The predicted molar refractivity (Wildman–Crippen MR) is 83.7 cm³/mol. The van der Waals surface area contributed by atoms with Crippen LogP contribution in [0, 0.1) is 0 Å². The zero-order chi connectivity index (χ0) is 14.8. The average Bonchev–Trinajstić information content (AvgIpc) is 2.49. The fourth-order valence-electron chi connectivity index (χ4n) is 2.23. The number of aromatic hydroxyl groups is 1. The minimum atomic E-state index is 0.176. The molecular weight excluding hydrogens is 264 g/mol. The Balaban J connectivity index is 2.04. The van der Waals surface area contributed by atoms with Gasteiger partial charge in [-0.15, -0.1) is 0 Å². The topological polar surface area (TPSA) is 68.4 Å². The summed E-state index contributed by atoms with van der Waals surface area (Å²) in [5, 5.41) is 11.3. The van der Waals surface area contributed by atoms with Crippen LogP contribution < -0.4 is 10.5 Å². The monoisotopic (exact) mass is 280 g/mol. The molecule has 0 saturated heterocycles. The number of nitrogens with zero attached hydrogens (tertiary/aromatic N) is 1. The third kappa shape index (κ3) is 2.60. The molecule has 0 fully saturated rings. The number of hydrogen-bond acceptors (Lipinski definition) is 4. The van der Waals surface area contributed by atoms with Gasteiger partial charge in [-0.1, -0.05) is 19.1 Å². The second-order valence-corrected chi connectivity index (χ2v) is 4.85. The van der Waals surface area contributed by atoms with Crippen LogP contribution in [-0.2, 0) is 6.42 Å². The molecule has 0 atom stereocenters. The molecule has 0 aliphatic heterocycles. The molecule has 0 aliphatic carbocycles. The Bertz CT molecular complexity index is 800. The molecule has 0 unspecified atom stereocenters. The first kappa shape index (κ1) is 13.2. The number of aromatic nitrogens is 1. The van der Waals surface area contributed by atoms with E-state index in [1.165, 1.54) is 0 Å².